The Morgan fingerprint density at radius 1 is 1.12 bits per heavy atom. The largest absolute Gasteiger partial charge is 0.456 e. The Hall–Kier alpha value is -2.17. The highest BCUT2D eigenvalue weighted by molar-refractivity contribution is 5.80. The number of benzene rings is 1. The van der Waals surface area contributed by atoms with Crippen molar-refractivity contribution in [3.8, 4) is 0 Å². The van der Waals surface area contributed by atoms with Gasteiger partial charge in [-0.2, -0.15) is 0 Å². The lowest BCUT2D eigenvalue weighted by Crippen LogP contribution is -2.29. The summed E-state index contributed by atoms with van der Waals surface area (Å²) < 4.78 is 17.7. The van der Waals surface area contributed by atoms with Gasteiger partial charge in [0.15, 0.2) is 6.61 Å². The highest BCUT2D eigenvalue weighted by Gasteiger charge is 2.09. The molecule has 2 rings (SSSR count). The number of nitrogens with one attached hydrogen (secondary N) is 1. The number of aryl methyl sites for hydroxylation is 1. The van der Waals surface area contributed by atoms with Crippen molar-refractivity contribution in [3.63, 3.8) is 0 Å². The smallest absolute Gasteiger partial charge is 0.306 e. The molecule has 0 heterocycles. The summed E-state index contributed by atoms with van der Waals surface area (Å²) in [6, 6.07) is 5.98. The molecule has 0 bridgehead atoms. The molecule has 1 aromatic carbocycles. The lowest BCUT2D eigenvalue weighted by Gasteiger charge is -2.13. The summed E-state index contributed by atoms with van der Waals surface area (Å²) in [7, 11) is 0. The number of allylic oxidation sites excluding steroid dienone is 1. The Kier molecular flexibility index (Phi) is 7.46. The van der Waals surface area contributed by atoms with Crippen molar-refractivity contribution < 1.29 is 18.7 Å². The van der Waals surface area contributed by atoms with E-state index in [1.165, 1.54) is 30.5 Å². The van der Waals surface area contributed by atoms with Gasteiger partial charge in [0.1, 0.15) is 5.82 Å². The zero-order valence-electron chi connectivity index (χ0n) is 13.9. The van der Waals surface area contributed by atoms with E-state index < -0.39 is 5.97 Å². The lowest BCUT2D eigenvalue weighted by atomic mass is 9.97. The topological polar surface area (TPSA) is 55.4 Å². The van der Waals surface area contributed by atoms with Crippen molar-refractivity contribution in [3.05, 3.63) is 47.3 Å². The number of esters is 1. The number of carbonyl (C=O) groups is 2. The van der Waals surface area contributed by atoms with Gasteiger partial charge in [-0.15, -0.1) is 0 Å². The third-order valence-electron chi connectivity index (χ3n) is 4.05. The molecule has 24 heavy (non-hydrogen) atoms. The Morgan fingerprint density at radius 2 is 1.92 bits per heavy atom. The minimum Gasteiger partial charge on any atom is -0.456 e. The number of halogens is 1. The average Bonchev–Trinajstić information content (AvgIpc) is 2.60. The Balaban J connectivity index is 1.56. The number of carbonyl (C=O) groups excluding carboxylic acids is 2. The lowest BCUT2D eigenvalue weighted by molar-refractivity contribution is -0.148. The van der Waals surface area contributed by atoms with Crippen LogP contribution in [0.3, 0.4) is 0 Å². The van der Waals surface area contributed by atoms with E-state index in [4.69, 9.17) is 4.74 Å². The molecule has 1 aliphatic carbocycles. The van der Waals surface area contributed by atoms with E-state index in [1.807, 2.05) is 0 Å². The van der Waals surface area contributed by atoms with E-state index in [0.29, 0.717) is 13.0 Å². The Bertz CT molecular complexity index is 581. The first kappa shape index (κ1) is 18.2. The predicted molar refractivity (Wildman–Crippen MR) is 89.9 cm³/mol. The molecule has 1 amide bonds. The van der Waals surface area contributed by atoms with Gasteiger partial charge >= 0.3 is 5.97 Å². The van der Waals surface area contributed by atoms with Crippen LogP contribution in [-0.4, -0.2) is 25.0 Å². The van der Waals surface area contributed by atoms with Crippen molar-refractivity contribution >= 4 is 11.9 Å². The highest BCUT2D eigenvalue weighted by atomic mass is 19.1. The molecule has 0 radical (unpaired) electrons. The molecule has 1 N–H and O–H groups in total. The minimum absolute atomic E-state index is 0.172. The van der Waals surface area contributed by atoms with E-state index in [-0.39, 0.29) is 24.8 Å². The maximum atomic E-state index is 12.8. The van der Waals surface area contributed by atoms with E-state index in [2.05, 4.69) is 11.4 Å². The van der Waals surface area contributed by atoms with E-state index in [1.54, 1.807) is 12.1 Å². The molecular formula is C19H24FNO3. The molecule has 0 aromatic heterocycles. The average molecular weight is 333 g/mol. The first-order valence-electron chi connectivity index (χ1n) is 8.48. The van der Waals surface area contributed by atoms with Gasteiger partial charge in [0.2, 0.25) is 0 Å². The number of hydrogen-bond acceptors (Lipinski definition) is 3. The summed E-state index contributed by atoms with van der Waals surface area (Å²) in [5.74, 6) is -1.01. The van der Waals surface area contributed by atoms with Crippen molar-refractivity contribution in [1.29, 1.82) is 0 Å². The van der Waals surface area contributed by atoms with Crippen LogP contribution in [0.2, 0.25) is 0 Å². The second kappa shape index (κ2) is 9.85. The maximum Gasteiger partial charge on any atom is 0.306 e. The first-order valence-corrected chi connectivity index (χ1v) is 8.48. The van der Waals surface area contributed by atoms with Crippen LogP contribution in [0.4, 0.5) is 4.39 Å². The molecule has 0 atom stereocenters. The van der Waals surface area contributed by atoms with Gasteiger partial charge in [-0.3, -0.25) is 9.59 Å². The van der Waals surface area contributed by atoms with Gasteiger partial charge in [0.25, 0.3) is 5.91 Å². The number of amides is 1. The van der Waals surface area contributed by atoms with Crippen LogP contribution in [0.15, 0.2) is 35.9 Å². The Labute approximate surface area is 142 Å². The molecule has 0 fully saturated rings. The maximum absolute atomic E-state index is 12.8. The molecule has 0 saturated heterocycles. The molecule has 0 spiro atoms. The fourth-order valence-electron chi connectivity index (χ4n) is 2.66. The van der Waals surface area contributed by atoms with Crippen LogP contribution in [-0.2, 0) is 20.7 Å². The predicted octanol–water partition coefficient (Wildman–Crippen LogP) is 3.31. The quantitative estimate of drug-likeness (QED) is 0.586. The fraction of sp³-hybridized carbons (Fsp3) is 0.474. The van der Waals surface area contributed by atoms with Gasteiger partial charge in [-0.1, -0.05) is 23.8 Å². The van der Waals surface area contributed by atoms with Gasteiger partial charge in [-0.05, 0) is 56.2 Å². The molecular weight excluding hydrogens is 309 g/mol. The molecule has 130 valence electrons. The molecule has 0 aliphatic heterocycles. The summed E-state index contributed by atoms with van der Waals surface area (Å²) in [5.41, 5.74) is 2.26. The number of hydrogen-bond donors (Lipinski definition) is 1. The van der Waals surface area contributed by atoms with E-state index in [9.17, 15) is 14.0 Å². The third-order valence-corrected chi connectivity index (χ3v) is 4.05. The van der Waals surface area contributed by atoms with E-state index in [0.717, 1.165) is 24.8 Å². The number of rotatable bonds is 8. The van der Waals surface area contributed by atoms with Gasteiger partial charge in [0.05, 0.1) is 0 Å². The van der Waals surface area contributed by atoms with Crippen LogP contribution >= 0.6 is 0 Å². The summed E-state index contributed by atoms with van der Waals surface area (Å²) in [6.07, 6.45) is 8.49. The normalized spacial score (nSPS) is 14.0. The first-order chi connectivity index (χ1) is 11.6. The fourth-order valence-corrected chi connectivity index (χ4v) is 2.66. The van der Waals surface area contributed by atoms with Crippen molar-refractivity contribution in [2.24, 2.45) is 0 Å². The van der Waals surface area contributed by atoms with Crippen LogP contribution in [0.25, 0.3) is 0 Å². The monoisotopic (exact) mass is 333 g/mol. The van der Waals surface area contributed by atoms with Gasteiger partial charge in [-0.25, -0.2) is 4.39 Å². The van der Waals surface area contributed by atoms with Crippen molar-refractivity contribution in [2.75, 3.05) is 13.2 Å². The summed E-state index contributed by atoms with van der Waals surface area (Å²) in [5, 5.41) is 2.77. The van der Waals surface area contributed by atoms with Crippen LogP contribution < -0.4 is 5.32 Å². The standard InChI is InChI=1S/C19H24FNO3/c20-17-9-6-16(7-10-17)8-11-19(23)24-14-18(22)21-13-12-15-4-2-1-3-5-15/h4,6-7,9-10H,1-3,5,8,11-14H2,(H,21,22). The molecule has 5 heteroatoms. The molecule has 1 aromatic rings. The van der Waals surface area contributed by atoms with Crippen molar-refractivity contribution in [2.45, 2.75) is 44.9 Å². The van der Waals surface area contributed by atoms with Crippen LogP contribution in [0.5, 0.6) is 0 Å². The molecule has 0 unspecified atom stereocenters. The van der Waals surface area contributed by atoms with Crippen molar-refractivity contribution in [1.82, 2.24) is 5.32 Å². The number of ether oxygens (including phenoxy) is 1. The zero-order valence-corrected chi connectivity index (χ0v) is 13.9. The molecule has 4 nitrogen and oxygen atoms in total. The SMILES string of the molecule is O=C(COC(=O)CCc1ccc(F)cc1)NCCC1=CCCCC1. The van der Waals surface area contributed by atoms with Crippen LogP contribution in [0.1, 0.15) is 44.1 Å². The molecule has 1 aliphatic rings. The summed E-state index contributed by atoms with van der Waals surface area (Å²) >= 11 is 0. The molecule has 0 saturated carbocycles. The minimum atomic E-state index is -0.426. The Morgan fingerprint density at radius 3 is 2.62 bits per heavy atom. The van der Waals surface area contributed by atoms with E-state index >= 15 is 0 Å². The van der Waals surface area contributed by atoms with Crippen LogP contribution in [0, 0.1) is 5.82 Å². The zero-order chi connectivity index (χ0) is 17.2. The highest BCUT2D eigenvalue weighted by Crippen LogP contribution is 2.19. The third kappa shape index (κ3) is 6.94. The second-order valence-electron chi connectivity index (χ2n) is 6.00. The summed E-state index contributed by atoms with van der Waals surface area (Å²) in [4.78, 5) is 23.3. The second-order valence-corrected chi connectivity index (χ2v) is 6.00. The van der Waals surface area contributed by atoms with Gasteiger partial charge in [0, 0.05) is 13.0 Å². The summed E-state index contributed by atoms with van der Waals surface area (Å²) in [6.45, 7) is 0.332. The van der Waals surface area contributed by atoms with Gasteiger partial charge < -0.3 is 10.1 Å².